The number of rotatable bonds is 7. The molecular weight excluding hydrogens is 551 g/mol. The number of hydrogen-bond acceptors (Lipinski definition) is 8. The fraction of sp³-hybridized carbons (Fsp3) is 0.567. The highest BCUT2D eigenvalue weighted by atomic mass is 19.4. The third-order valence-corrected chi connectivity index (χ3v) is 8.26. The molecule has 42 heavy (non-hydrogen) atoms. The van der Waals surface area contributed by atoms with Crippen LogP contribution in [0.15, 0.2) is 42.6 Å². The zero-order valence-corrected chi connectivity index (χ0v) is 24.0. The molecule has 0 saturated carbocycles. The Hall–Kier alpha value is -3.22. The van der Waals surface area contributed by atoms with Gasteiger partial charge < -0.3 is 29.7 Å². The summed E-state index contributed by atoms with van der Waals surface area (Å²) >= 11 is 0. The van der Waals surface area contributed by atoms with Crippen molar-refractivity contribution in [2.45, 2.75) is 75.9 Å². The molecule has 2 aromatic rings. The molecule has 3 aliphatic heterocycles. The zero-order chi connectivity index (χ0) is 29.7. The van der Waals surface area contributed by atoms with Crippen molar-refractivity contribution in [1.29, 1.82) is 0 Å². The minimum absolute atomic E-state index is 0.0356. The highest BCUT2D eigenvalue weighted by Gasteiger charge is 2.33. The number of nitrogens with one attached hydrogen (secondary N) is 2. The summed E-state index contributed by atoms with van der Waals surface area (Å²) in [4.78, 5) is 23.8. The van der Waals surface area contributed by atoms with Gasteiger partial charge in [0.05, 0.1) is 18.3 Å². The fourth-order valence-electron chi connectivity index (χ4n) is 5.82. The van der Waals surface area contributed by atoms with E-state index in [0.717, 1.165) is 44.4 Å². The van der Waals surface area contributed by atoms with E-state index in [-0.39, 0.29) is 18.1 Å². The maximum Gasteiger partial charge on any atom is 0.416 e. The standard InChI is InChI=1S/C30H38F3N5O4/c1-19-27(29(39)38-12-9-22(10-13-38)37-24-11-14-41-17-26(24)40-2)35-18-36-28(19)34-16-23-7-4-8-25(42-23)20-5-3-6-21(15-20)30(31,32)33/h3,5-6,15-16,18,22,24-26,37H,4,7-14,17H2,1-2H3,(H,34,35,36)/b23-16+/t24-,25+,26+/m0/s1. The summed E-state index contributed by atoms with van der Waals surface area (Å²) < 4.78 is 56.7. The molecule has 228 valence electrons. The molecule has 1 amide bonds. The van der Waals surface area contributed by atoms with E-state index in [1.165, 1.54) is 12.4 Å². The van der Waals surface area contributed by atoms with E-state index in [9.17, 15) is 18.0 Å². The van der Waals surface area contributed by atoms with Crippen LogP contribution in [0, 0.1) is 6.92 Å². The van der Waals surface area contributed by atoms with Crippen molar-refractivity contribution in [1.82, 2.24) is 20.2 Å². The van der Waals surface area contributed by atoms with Crippen molar-refractivity contribution >= 4 is 11.7 Å². The number of likely N-dealkylation sites (tertiary alicyclic amines) is 1. The van der Waals surface area contributed by atoms with Crippen molar-refractivity contribution in [3.63, 3.8) is 0 Å². The van der Waals surface area contributed by atoms with Gasteiger partial charge in [-0.2, -0.15) is 13.2 Å². The van der Waals surface area contributed by atoms with Crippen LogP contribution in [0.25, 0.3) is 0 Å². The van der Waals surface area contributed by atoms with Crippen LogP contribution in [-0.4, -0.2) is 72.4 Å². The molecule has 3 saturated heterocycles. The second-order valence-electron chi connectivity index (χ2n) is 11.1. The Morgan fingerprint density at radius 1 is 1.17 bits per heavy atom. The normalized spacial score (nSPS) is 24.8. The lowest BCUT2D eigenvalue weighted by molar-refractivity contribution is -0.137. The minimum Gasteiger partial charge on any atom is -0.489 e. The molecule has 9 nitrogen and oxygen atoms in total. The highest BCUT2D eigenvalue weighted by molar-refractivity contribution is 5.94. The molecule has 0 unspecified atom stereocenters. The van der Waals surface area contributed by atoms with Gasteiger partial charge in [-0.3, -0.25) is 4.79 Å². The van der Waals surface area contributed by atoms with Gasteiger partial charge in [-0.1, -0.05) is 12.1 Å². The first-order chi connectivity index (χ1) is 20.2. The van der Waals surface area contributed by atoms with Gasteiger partial charge in [-0.15, -0.1) is 0 Å². The van der Waals surface area contributed by atoms with E-state index in [2.05, 4.69) is 20.6 Å². The van der Waals surface area contributed by atoms with E-state index in [1.54, 1.807) is 26.3 Å². The van der Waals surface area contributed by atoms with E-state index in [4.69, 9.17) is 14.2 Å². The van der Waals surface area contributed by atoms with E-state index in [1.807, 2.05) is 4.90 Å². The largest absolute Gasteiger partial charge is 0.489 e. The number of halogens is 3. The molecule has 4 heterocycles. The van der Waals surface area contributed by atoms with Gasteiger partial charge in [0.15, 0.2) is 0 Å². The summed E-state index contributed by atoms with van der Waals surface area (Å²) in [5.41, 5.74) is 0.764. The van der Waals surface area contributed by atoms with Crippen LogP contribution in [0.3, 0.4) is 0 Å². The summed E-state index contributed by atoms with van der Waals surface area (Å²) in [5.74, 6) is 0.958. The van der Waals surface area contributed by atoms with Gasteiger partial charge >= 0.3 is 6.18 Å². The number of benzene rings is 1. The van der Waals surface area contributed by atoms with Gasteiger partial charge in [0.2, 0.25) is 0 Å². The smallest absolute Gasteiger partial charge is 0.416 e. The van der Waals surface area contributed by atoms with Crippen LogP contribution in [0.1, 0.15) is 71.8 Å². The molecule has 0 spiro atoms. The van der Waals surface area contributed by atoms with Gasteiger partial charge in [0.25, 0.3) is 5.91 Å². The second kappa shape index (κ2) is 13.4. The van der Waals surface area contributed by atoms with Crippen LogP contribution in [0.2, 0.25) is 0 Å². The van der Waals surface area contributed by atoms with Crippen LogP contribution in [0.4, 0.5) is 19.0 Å². The molecule has 2 N–H and O–H groups in total. The van der Waals surface area contributed by atoms with Crippen molar-refractivity contribution in [2.24, 2.45) is 0 Å². The van der Waals surface area contributed by atoms with E-state index >= 15 is 0 Å². The number of carbonyl (C=O) groups is 1. The third-order valence-electron chi connectivity index (χ3n) is 8.26. The predicted molar refractivity (Wildman–Crippen MR) is 150 cm³/mol. The summed E-state index contributed by atoms with van der Waals surface area (Å²) in [5, 5.41) is 6.83. The molecule has 1 aromatic heterocycles. The Balaban J connectivity index is 1.18. The molecular formula is C30H38F3N5O4. The van der Waals surface area contributed by atoms with Crippen LogP contribution < -0.4 is 10.6 Å². The van der Waals surface area contributed by atoms with Gasteiger partial charge in [-0.05, 0) is 56.7 Å². The Morgan fingerprint density at radius 2 is 1.98 bits per heavy atom. The van der Waals surface area contributed by atoms with Crippen molar-refractivity contribution < 1.29 is 32.2 Å². The number of amides is 1. The Kier molecular flexibility index (Phi) is 9.64. The zero-order valence-electron chi connectivity index (χ0n) is 24.0. The predicted octanol–water partition coefficient (Wildman–Crippen LogP) is 5.00. The first-order valence-electron chi connectivity index (χ1n) is 14.5. The van der Waals surface area contributed by atoms with Crippen LogP contribution in [0.5, 0.6) is 0 Å². The number of anilines is 1. The molecule has 3 aliphatic rings. The van der Waals surface area contributed by atoms with E-state index in [0.29, 0.717) is 67.0 Å². The van der Waals surface area contributed by atoms with Crippen molar-refractivity contribution in [3.8, 4) is 0 Å². The van der Waals surface area contributed by atoms with Gasteiger partial charge in [0.1, 0.15) is 29.7 Å². The number of hydrogen-bond donors (Lipinski definition) is 2. The fourth-order valence-corrected chi connectivity index (χ4v) is 5.82. The number of nitrogens with zero attached hydrogens (tertiary/aromatic N) is 3. The average Bonchev–Trinajstić information content (AvgIpc) is 3.01. The first kappa shape index (κ1) is 30.2. The number of ether oxygens (including phenoxy) is 3. The summed E-state index contributed by atoms with van der Waals surface area (Å²) in [6.45, 7) is 4.36. The molecule has 12 heteroatoms. The highest BCUT2D eigenvalue weighted by Crippen LogP contribution is 2.36. The molecule has 3 fully saturated rings. The molecule has 5 rings (SSSR count). The summed E-state index contributed by atoms with van der Waals surface area (Å²) in [6.07, 6.45) is 2.80. The minimum atomic E-state index is -4.41. The molecule has 0 bridgehead atoms. The van der Waals surface area contributed by atoms with Crippen molar-refractivity contribution in [2.75, 3.05) is 38.7 Å². The maximum absolute atomic E-state index is 13.4. The summed E-state index contributed by atoms with van der Waals surface area (Å²) in [6, 6.07) is 5.82. The quantitative estimate of drug-likeness (QED) is 0.466. The lowest BCUT2D eigenvalue weighted by Gasteiger charge is -2.38. The number of methoxy groups -OCH3 is 1. The molecule has 1 aromatic carbocycles. The number of allylic oxidation sites excluding steroid dienone is 1. The average molecular weight is 590 g/mol. The SMILES string of the molecule is CO[C@@H]1COCC[C@@H]1NC1CCN(C(=O)c2ncnc(N/C=C3\CCC[C@H](c4cccc(C(F)(F)F)c4)O3)c2C)CC1. The number of aromatic nitrogens is 2. The first-order valence-corrected chi connectivity index (χ1v) is 14.5. The molecule has 0 radical (unpaired) electrons. The van der Waals surface area contributed by atoms with Crippen LogP contribution >= 0.6 is 0 Å². The second-order valence-corrected chi connectivity index (χ2v) is 11.1. The van der Waals surface area contributed by atoms with Gasteiger partial charge in [0, 0.05) is 57.1 Å². The van der Waals surface area contributed by atoms with E-state index < -0.39 is 17.8 Å². The Morgan fingerprint density at radius 3 is 2.74 bits per heavy atom. The monoisotopic (exact) mass is 589 g/mol. The number of piperidine rings is 1. The topological polar surface area (TPSA) is 97.8 Å². The third kappa shape index (κ3) is 7.22. The maximum atomic E-state index is 13.4. The van der Waals surface area contributed by atoms with Crippen LogP contribution in [-0.2, 0) is 20.4 Å². The molecule has 3 atom stereocenters. The number of alkyl halides is 3. The summed E-state index contributed by atoms with van der Waals surface area (Å²) in [7, 11) is 1.71. The lowest BCUT2D eigenvalue weighted by Crippen LogP contribution is -2.54. The number of carbonyl (C=O) groups excluding carboxylic acids is 1. The lowest BCUT2D eigenvalue weighted by atomic mass is 9.98. The van der Waals surface area contributed by atoms with Crippen molar-refractivity contribution in [3.05, 3.63) is 64.9 Å². The Labute approximate surface area is 243 Å². The Bertz CT molecular complexity index is 1270. The van der Waals surface area contributed by atoms with Gasteiger partial charge in [-0.25, -0.2) is 9.97 Å². The molecule has 0 aliphatic carbocycles.